The number of hydrogen-bond acceptors (Lipinski definition) is 4. The molecule has 0 bridgehead atoms. The second-order valence-electron chi connectivity index (χ2n) is 5.03. The van der Waals surface area contributed by atoms with Crippen LogP contribution in [0.3, 0.4) is 0 Å². The van der Waals surface area contributed by atoms with Gasteiger partial charge in [-0.25, -0.2) is 14.2 Å². The maximum Gasteiger partial charge on any atom is 0.347 e. The normalized spacial score (nSPS) is 14.2. The molecule has 1 fully saturated rings. The summed E-state index contributed by atoms with van der Waals surface area (Å²) in [7, 11) is 0. The number of halogens is 2. The Morgan fingerprint density at radius 3 is 2.77 bits per heavy atom. The van der Waals surface area contributed by atoms with Crippen molar-refractivity contribution in [1.82, 2.24) is 4.98 Å². The fourth-order valence-corrected chi connectivity index (χ4v) is 2.78. The van der Waals surface area contributed by atoms with Gasteiger partial charge in [-0.15, -0.1) is 0 Å². The van der Waals surface area contributed by atoms with Crippen LogP contribution in [0.4, 0.5) is 10.2 Å². The van der Waals surface area contributed by atoms with E-state index in [0.29, 0.717) is 15.9 Å². The average Bonchev–Trinajstić information content (AvgIpc) is 3.04. The second kappa shape index (κ2) is 6.44. The van der Waals surface area contributed by atoms with E-state index in [0.717, 1.165) is 25.9 Å². The van der Waals surface area contributed by atoms with Crippen molar-refractivity contribution in [3.05, 3.63) is 52.4 Å². The molecule has 1 aromatic heterocycles. The number of hydrogen-bond donors (Lipinski definition) is 0. The molecule has 1 aliphatic rings. The minimum absolute atomic E-state index is 0.0931. The molecule has 0 atom stereocenters. The van der Waals surface area contributed by atoms with Gasteiger partial charge in [0.05, 0.1) is 0 Å². The van der Waals surface area contributed by atoms with E-state index in [1.807, 2.05) is 0 Å². The van der Waals surface area contributed by atoms with E-state index in [4.69, 9.17) is 4.74 Å². The number of carbonyl (C=O) groups is 1. The zero-order chi connectivity index (χ0) is 15.5. The third-order valence-corrected chi connectivity index (χ3v) is 4.00. The summed E-state index contributed by atoms with van der Waals surface area (Å²) in [5.41, 5.74) is 0.353. The van der Waals surface area contributed by atoms with E-state index < -0.39 is 11.8 Å². The smallest absolute Gasteiger partial charge is 0.347 e. The molecule has 0 amide bonds. The number of nitrogens with zero attached hydrogens (tertiary/aromatic N) is 2. The van der Waals surface area contributed by atoms with Crippen LogP contribution in [0.2, 0.25) is 0 Å². The maximum absolute atomic E-state index is 13.8. The molecule has 0 spiro atoms. The van der Waals surface area contributed by atoms with Crippen molar-refractivity contribution in [2.24, 2.45) is 0 Å². The second-order valence-corrected chi connectivity index (χ2v) is 5.95. The topological polar surface area (TPSA) is 42.4 Å². The Balaban J connectivity index is 1.86. The number of ether oxygens (including phenoxy) is 1. The molecule has 2 heterocycles. The number of carbonyl (C=O) groups excluding carboxylic acids is 1. The van der Waals surface area contributed by atoms with Gasteiger partial charge in [0.15, 0.2) is 11.6 Å². The van der Waals surface area contributed by atoms with E-state index in [1.54, 1.807) is 24.4 Å². The third kappa shape index (κ3) is 3.11. The number of pyridine rings is 1. The van der Waals surface area contributed by atoms with Gasteiger partial charge in [-0.3, -0.25) is 0 Å². The maximum atomic E-state index is 13.8. The molecule has 6 heteroatoms. The monoisotopic (exact) mass is 364 g/mol. The predicted molar refractivity (Wildman–Crippen MR) is 84.7 cm³/mol. The van der Waals surface area contributed by atoms with E-state index in [1.165, 1.54) is 12.1 Å². The molecule has 0 saturated carbocycles. The lowest BCUT2D eigenvalue weighted by molar-refractivity contribution is 0.0728. The van der Waals surface area contributed by atoms with Crippen LogP contribution < -0.4 is 9.64 Å². The van der Waals surface area contributed by atoms with Gasteiger partial charge in [0.1, 0.15) is 11.4 Å². The summed E-state index contributed by atoms with van der Waals surface area (Å²) >= 11 is 3.17. The highest BCUT2D eigenvalue weighted by molar-refractivity contribution is 9.10. The molecular formula is C16H14BrFN2O2. The lowest BCUT2D eigenvalue weighted by Gasteiger charge is -2.18. The first-order valence-corrected chi connectivity index (χ1v) is 7.81. The molecule has 2 aromatic rings. The van der Waals surface area contributed by atoms with Crippen molar-refractivity contribution in [2.45, 2.75) is 12.8 Å². The lowest BCUT2D eigenvalue weighted by Crippen LogP contribution is -2.23. The minimum Gasteiger partial charge on any atom is -0.420 e. The lowest BCUT2D eigenvalue weighted by atomic mass is 10.2. The Labute approximate surface area is 136 Å². The summed E-state index contributed by atoms with van der Waals surface area (Å²) in [5, 5.41) is 0. The van der Waals surface area contributed by atoms with Crippen molar-refractivity contribution in [1.29, 1.82) is 0 Å². The number of anilines is 1. The first-order chi connectivity index (χ1) is 10.6. The van der Waals surface area contributed by atoms with Gasteiger partial charge in [0.2, 0.25) is 0 Å². The third-order valence-electron chi connectivity index (χ3n) is 3.51. The Kier molecular flexibility index (Phi) is 4.38. The van der Waals surface area contributed by atoms with Crippen molar-refractivity contribution in [3.63, 3.8) is 0 Å². The van der Waals surface area contributed by atoms with Crippen LogP contribution >= 0.6 is 15.9 Å². The van der Waals surface area contributed by atoms with Crippen LogP contribution in [0, 0.1) is 5.82 Å². The fourth-order valence-electron chi connectivity index (χ4n) is 2.45. The van der Waals surface area contributed by atoms with Crippen LogP contribution in [-0.2, 0) is 0 Å². The highest BCUT2D eigenvalue weighted by atomic mass is 79.9. The van der Waals surface area contributed by atoms with Crippen LogP contribution in [0.15, 0.2) is 41.0 Å². The number of aromatic nitrogens is 1. The molecule has 4 nitrogen and oxygen atoms in total. The van der Waals surface area contributed by atoms with Gasteiger partial charge >= 0.3 is 5.97 Å². The Hall–Kier alpha value is -1.95. The van der Waals surface area contributed by atoms with E-state index in [-0.39, 0.29) is 5.75 Å². The largest absolute Gasteiger partial charge is 0.420 e. The van der Waals surface area contributed by atoms with Crippen molar-refractivity contribution in [2.75, 3.05) is 18.0 Å². The molecule has 0 aliphatic carbocycles. The first kappa shape index (κ1) is 15.0. The van der Waals surface area contributed by atoms with Crippen molar-refractivity contribution in [3.8, 4) is 5.75 Å². The fraction of sp³-hybridized carbons (Fsp3) is 0.250. The van der Waals surface area contributed by atoms with Crippen LogP contribution in [0.5, 0.6) is 5.75 Å². The summed E-state index contributed by atoms with van der Waals surface area (Å²) in [6.45, 7) is 1.73. The van der Waals surface area contributed by atoms with Crippen LogP contribution in [-0.4, -0.2) is 24.0 Å². The summed E-state index contributed by atoms with van der Waals surface area (Å²) < 4.78 is 19.6. The molecule has 114 valence electrons. The molecule has 22 heavy (non-hydrogen) atoms. The number of rotatable bonds is 3. The molecule has 1 aromatic carbocycles. The van der Waals surface area contributed by atoms with Gasteiger partial charge in [-0.05, 0) is 43.2 Å². The van der Waals surface area contributed by atoms with Crippen LogP contribution in [0.25, 0.3) is 0 Å². The quantitative estimate of drug-likeness (QED) is 0.613. The van der Waals surface area contributed by atoms with Gasteiger partial charge < -0.3 is 9.64 Å². The zero-order valence-corrected chi connectivity index (χ0v) is 13.3. The zero-order valence-electron chi connectivity index (χ0n) is 11.8. The first-order valence-electron chi connectivity index (χ1n) is 7.02. The Bertz CT molecular complexity index is 702. The van der Waals surface area contributed by atoms with Crippen LogP contribution in [0.1, 0.15) is 23.2 Å². The van der Waals surface area contributed by atoms with Gasteiger partial charge in [0, 0.05) is 23.8 Å². The number of benzene rings is 1. The highest BCUT2D eigenvalue weighted by Gasteiger charge is 2.22. The molecule has 1 saturated heterocycles. The Morgan fingerprint density at radius 2 is 2.05 bits per heavy atom. The van der Waals surface area contributed by atoms with Crippen molar-refractivity contribution >= 4 is 27.7 Å². The van der Waals surface area contributed by atoms with Crippen molar-refractivity contribution < 1.29 is 13.9 Å². The molecule has 0 radical (unpaired) electrons. The highest BCUT2D eigenvalue weighted by Crippen LogP contribution is 2.26. The van der Waals surface area contributed by atoms with E-state index >= 15 is 0 Å². The summed E-state index contributed by atoms with van der Waals surface area (Å²) in [4.78, 5) is 18.7. The van der Waals surface area contributed by atoms with Gasteiger partial charge in [-0.1, -0.05) is 15.9 Å². The molecule has 0 unspecified atom stereocenters. The summed E-state index contributed by atoms with van der Waals surface area (Å²) in [5.74, 6) is -0.683. The van der Waals surface area contributed by atoms with Gasteiger partial charge in [-0.2, -0.15) is 0 Å². The standard InChI is InChI=1S/C16H14BrFN2O2/c17-11-5-6-14(13(18)10-11)22-16(21)12-4-3-7-19-15(12)20-8-1-2-9-20/h3-7,10H,1-2,8-9H2. The molecular weight excluding hydrogens is 351 g/mol. The van der Waals surface area contributed by atoms with Gasteiger partial charge in [0.25, 0.3) is 0 Å². The van der Waals surface area contributed by atoms with E-state index in [2.05, 4.69) is 25.8 Å². The molecule has 1 aliphatic heterocycles. The van der Waals surface area contributed by atoms with E-state index in [9.17, 15) is 9.18 Å². The SMILES string of the molecule is O=C(Oc1ccc(Br)cc1F)c1cccnc1N1CCCC1. The average molecular weight is 365 g/mol. The number of esters is 1. The minimum atomic E-state index is -0.601. The summed E-state index contributed by atoms with van der Waals surface area (Å²) in [6.07, 6.45) is 3.80. The summed E-state index contributed by atoms with van der Waals surface area (Å²) in [6, 6.07) is 7.63. The molecule has 3 rings (SSSR count). The Morgan fingerprint density at radius 1 is 1.27 bits per heavy atom. The molecule has 0 N–H and O–H groups in total. The predicted octanol–water partition coefficient (Wildman–Crippen LogP) is 3.80.